The number of carbonyl (C=O) groups excluding carboxylic acids is 1. The van der Waals surface area contributed by atoms with Gasteiger partial charge in [0, 0.05) is 11.4 Å². The fourth-order valence-electron chi connectivity index (χ4n) is 1.91. The van der Waals surface area contributed by atoms with Gasteiger partial charge in [0.2, 0.25) is 0 Å². The van der Waals surface area contributed by atoms with E-state index in [0.29, 0.717) is 27.2 Å². The molecule has 0 unspecified atom stereocenters. The Bertz CT molecular complexity index is 704. The van der Waals surface area contributed by atoms with Crippen molar-refractivity contribution in [2.45, 2.75) is 6.92 Å². The minimum Gasteiger partial charge on any atom is -0.496 e. The molecule has 0 aromatic heterocycles. The van der Waals surface area contributed by atoms with Crippen LogP contribution in [0.3, 0.4) is 0 Å². The molecule has 0 aliphatic carbocycles. The smallest absolute Gasteiger partial charge is 0.258 e. The number of methoxy groups -OCH3 is 1. The number of ether oxygens (including phenoxy) is 1. The third kappa shape index (κ3) is 3.33. The minimum absolute atomic E-state index is 0.0839. The molecular weight excluding hydrogens is 339 g/mol. The zero-order chi connectivity index (χ0) is 15.6. The molecule has 110 valence electrons. The second kappa shape index (κ2) is 6.13. The summed E-state index contributed by atoms with van der Waals surface area (Å²) in [6.45, 7) is 1.56. The van der Waals surface area contributed by atoms with E-state index >= 15 is 0 Å². The van der Waals surface area contributed by atoms with Gasteiger partial charge in [0.25, 0.3) is 5.91 Å². The largest absolute Gasteiger partial charge is 0.496 e. The van der Waals surface area contributed by atoms with Crippen LogP contribution in [-0.4, -0.2) is 13.0 Å². The van der Waals surface area contributed by atoms with E-state index in [4.69, 9.17) is 10.5 Å². The third-order valence-electron chi connectivity index (χ3n) is 2.93. The molecule has 0 aliphatic heterocycles. The van der Waals surface area contributed by atoms with Gasteiger partial charge in [-0.15, -0.1) is 0 Å². The van der Waals surface area contributed by atoms with Crippen molar-refractivity contribution in [2.24, 2.45) is 0 Å². The number of nitrogens with one attached hydrogen (secondary N) is 1. The number of halogens is 2. The zero-order valence-electron chi connectivity index (χ0n) is 11.5. The van der Waals surface area contributed by atoms with Gasteiger partial charge in [-0.1, -0.05) is 0 Å². The highest BCUT2D eigenvalue weighted by atomic mass is 79.9. The summed E-state index contributed by atoms with van der Waals surface area (Å²) < 4.78 is 19.8. The second-order valence-electron chi connectivity index (χ2n) is 4.50. The first-order valence-corrected chi connectivity index (χ1v) is 6.92. The summed E-state index contributed by atoms with van der Waals surface area (Å²) in [5.41, 5.74) is 6.76. The molecule has 0 aliphatic rings. The number of anilines is 2. The number of nitrogens with two attached hydrogens (primary N) is 1. The van der Waals surface area contributed by atoms with Gasteiger partial charge in [0.15, 0.2) is 0 Å². The van der Waals surface area contributed by atoms with E-state index in [1.807, 2.05) is 0 Å². The molecule has 3 N–H and O–H groups in total. The van der Waals surface area contributed by atoms with E-state index in [1.54, 1.807) is 32.2 Å². The molecule has 0 heterocycles. The molecule has 2 rings (SSSR count). The molecule has 0 fully saturated rings. The van der Waals surface area contributed by atoms with Gasteiger partial charge >= 0.3 is 0 Å². The van der Waals surface area contributed by atoms with Gasteiger partial charge in [-0.25, -0.2) is 4.39 Å². The molecule has 0 bridgehead atoms. The molecule has 2 aromatic carbocycles. The lowest BCUT2D eigenvalue weighted by Crippen LogP contribution is -2.15. The van der Waals surface area contributed by atoms with E-state index in [9.17, 15) is 9.18 Å². The van der Waals surface area contributed by atoms with E-state index in [-0.39, 0.29) is 5.56 Å². The number of hydrogen-bond donors (Lipinski definition) is 2. The van der Waals surface area contributed by atoms with Crippen LogP contribution in [0.4, 0.5) is 15.8 Å². The van der Waals surface area contributed by atoms with Crippen LogP contribution in [0.15, 0.2) is 34.8 Å². The molecule has 0 atom stereocenters. The average molecular weight is 353 g/mol. The van der Waals surface area contributed by atoms with Crippen LogP contribution in [-0.2, 0) is 0 Å². The van der Waals surface area contributed by atoms with E-state index < -0.39 is 11.7 Å². The van der Waals surface area contributed by atoms with Crippen LogP contribution in [0.1, 0.15) is 15.9 Å². The highest BCUT2D eigenvalue weighted by Gasteiger charge is 2.15. The highest BCUT2D eigenvalue weighted by molar-refractivity contribution is 9.10. The lowest BCUT2D eigenvalue weighted by atomic mass is 10.1. The molecule has 4 nitrogen and oxygen atoms in total. The van der Waals surface area contributed by atoms with E-state index in [2.05, 4.69) is 21.2 Å². The molecule has 2 aromatic rings. The summed E-state index contributed by atoms with van der Waals surface area (Å²) in [7, 11) is 1.54. The van der Waals surface area contributed by atoms with Gasteiger partial charge in [-0.2, -0.15) is 0 Å². The topological polar surface area (TPSA) is 64.3 Å². The quantitative estimate of drug-likeness (QED) is 0.827. The van der Waals surface area contributed by atoms with E-state index in [1.165, 1.54) is 12.1 Å². The van der Waals surface area contributed by atoms with Crippen molar-refractivity contribution in [1.82, 2.24) is 0 Å². The van der Waals surface area contributed by atoms with E-state index in [0.717, 1.165) is 0 Å². The summed E-state index contributed by atoms with van der Waals surface area (Å²) >= 11 is 3.32. The van der Waals surface area contributed by atoms with Crippen LogP contribution in [0.2, 0.25) is 0 Å². The third-order valence-corrected chi connectivity index (χ3v) is 3.55. The minimum atomic E-state index is -0.575. The fourth-order valence-corrected chi connectivity index (χ4v) is 2.45. The molecule has 0 spiro atoms. The first-order valence-electron chi connectivity index (χ1n) is 6.13. The van der Waals surface area contributed by atoms with Gasteiger partial charge in [0.1, 0.15) is 11.6 Å². The van der Waals surface area contributed by atoms with Crippen LogP contribution < -0.4 is 15.8 Å². The Morgan fingerprint density at radius 1 is 1.33 bits per heavy atom. The predicted octanol–water partition coefficient (Wildman–Crippen LogP) is 3.74. The van der Waals surface area contributed by atoms with Gasteiger partial charge in [-0.3, -0.25) is 4.79 Å². The van der Waals surface area contributed by atoms with Crippen molar-refractivity contribution in [3.05, 3.63) is 51.7 Å². The number of rotatable bonds is 3. The van der Waals surface area contributed by atoms with Crippen molar-refractivity contribution < 1.29 is 13.9 Å². The fraction of sp³-hybridized carbons (Fsp3) is 0.133. The number of aryl methyl sites for hydroxylation is 1. The maximum Gasteiger partial charge on any atom is 0.258 e. The number of carbonyl (C=O) groups is 1. The molecule has 6 heteroatoms. The highest BCUT2D eigenvalue weighted by Crippen LogP contribution is 2.28. The van der Waals surface area contributed by atoms with Crippen LogP contribution in [0, 0.1) is 12.7 Å². The lowest BCUT2D eigenvalue weighted by molar-refractivity contribution is 0.102. The van der Waals surface area contributed by atoms with Crippen molar-refractivity contribution in [1.29, 1.82) is 0 Å². The van der Waals surface area contributed by atoms with Crippen molar-refractivity contribution in [2.75, 3.05) is 18.2 Å². The number of nitrogen functional groups attached to an aromatic ring is 1. The Kier molecular flexibility index (Phi) is 4.47. The summed E-state index contributed by atoms with van der Waals surface area (Å²) in [6.07, 6.45) is 0. The summed E-state index contributed by atoms with van der Waals surface area (Å²) in [4.78, 5) is 12.2. The Labute approximate surface area is 130 Å². The van der Waals surface area contributed by atoms with Gasteiger partial charge < -0.3 is 15.8 Å². The number of benzene rings is 2. The Balaban J connectivity index is 2.28. The zero-order valence-corrected chi connectivity index (χ0v) is 13.1. The van der Waals surface area contributed by atoms with Gasteiger partial charge in [0.05, 0.1) is 17.1 Å². The van der Waals surface area contributed by atoms with Crippen LogP contribution in [0.25, 0.3) is 0 Å². The van der Waals surface area contributed by atoms with Crippen molar-refractivity contribution in [3.8, 4) is 5.75 Å². The average Bonchev–Trinajstić information content (AvgIpc) is 2.43. The monoisotopic (exact) mass is 352 g/mol. The Hall–Kier alpha value is -2.08. The standard InChI is InChI=1S/C15H14BrFN2O2/c1-8-5-9(18)6-11(14(8)17)15(20)19-10-3-4-13(21-2)12(16)7-10/h3-7H,18H2,1-2H3,(H,19,20). The SMILES string of the molecule is COc1ccc(NC(=O)c2cc(N)cc(C)c2F)cc1Br. The molecule has 21 heavy (non-hydrogen) atoms. The molecular formula is C15H14BrFN2O2. The van der Waals surface area contributed by atoms with Gasteiger partial charge in [-0.05, 0) is 58.7 Å². The Morgan fingerprint density at radius 3 is 2.67 bits per heavy atom. The first kappa shape index (κ1) is 15.3. The van der Waals surface area contributed by atoms with Crippen molar-refractivity contribution in [3.63, 3.8) is 0 Å². The maximum atomic E-state index is 14.0. The van der Waals surface area contributed by atoms with Crippen LogP contribution >= 0.6 is 15.9 Å². The summed E-state index contributed by atoms with van der Waals surface area (Å²) in [6, 6.07) is 7.83. The second-order valence-corrected chi connectivity index (χ2v) is 5.36. The maximum absolute atomic E-state index is 14.0. The normalized spacial score (nSPS) is 10.3. The first-order chi connectivity index (χ1) is 9.92. The van der Waals surface area contributed by atoms with Crippen LogP contribution in [0.5, 0.6) is 5.75 Å². The predicted molar refractivity (Wildman–Crippen MR) is 84.2 cm³/mol. The molecule has 0 radical (unpaired) electrons. The molecule has 1 amide bonds. The van der Waals surface area contributed by atoms with Crippen molar-refractivity contribution >= 4 is 33.2 Å². The lowest BCUT2D eigenvalue weighted by Gasteiger charge is -2.10. The number of amides is 1. The summed E-state index contributed by atoms with van der Waals surface area (Å²) in [5.74, 6) is -0.492. The Morgan fingerprint density at radius 2 is 2.05 bits per heavy atom. The summed E-state index contributed by atoms with van der Waals surface area (Å²) in [5, 5.41) is 2.63. The molecule has 0 saturated heterocycles. The number of hydrogen-bond acceptors (Lipinski definition) is 3. The molecule has 0 saturated carbocycles.